The van der Waals surface area contributed by atoms with E-state index in [9.17, 15) is 9.59 Å². The van der Waals surface area contributed by atoms with Gasteiger partial charge >= 0.3 is 0 Å². The monoisotopic (exact) mass is 299 g/mol. The molecule has 0 saturated heterocycles. The zero-order chi connectivity index (χ0) is 15.9. The number of primary amides is 1. The normalized spacial score (nSPS) is 11.5. The van der Waals surface area contributed by atoms with E-state index in [1.54, 1.807) is 37.6 Å². The van der Waals surface area contributed by atoms with E-state index < -0.39 is 11.9 Å². The van der Waals surface area contributed by atoms with Crippen molar-refractivity contribution >= 4 is 11.8 Å². The third-order valence-corrected chi connectivity index (χ3v) is 3.15. The highest BCUT2D eigenvalue weighted by Crippen LogP contribution is 2.14. The summed E-state index contributed by atoms with van der Waals surface area (Å²) in [4.78, 5) is 27.5. The minimum atomic E-state index is -0.806. The first kappa shape index (κ1) is 15.5. The number of hydrogen-bond donors (Lipinski definition) is 2. The van der Waals surface area contributed by atoms with Gasteiger partial charge in [-0.1, -0.05) is 12.1 Å². The van der Waals surface area contributed by atoms with Gasteiger partial charge in [0.05, 0.1) is 12.7 Å². The van der Waals surface area contributed by atoms with Crippen LogP contribution in [0.25, 0.3) is 0 Å². The van der Waals surface area contributed by atoms with Crippen LogP contribution >= 0.6 is 0 Å². The first-order valence-electron chi connectivity index (χ1n) is 6.73. The van der Waals surface area contributed by atoms with Gasteiger partial charge in [-0.25, -0.2) is 0 Å². The average molecular weight is 299 g/mol. The van der Waals surface area contributed by atoms with Crippen molar-refractivity contribution in [3.8, 4) is 5.75 Å². The van der Waals surface area contributed by atoms with Gasteiger partial charge in [-0.2, -0.15) is 0 Å². The zero-order valence-electron chi connectivity index (χ0n) is 12.2. The molecule has 1 aromatic heterocycles. The molecule has 0 saturated carbocycles. The summed E-state index contributed by atoms with van der Waals surface area (Å²) >= 11 is 0. The zero-order valence-corrected chi connectivity index (χ0v) is 12.2. The molecule has 0 radical (unpaired) electrons. The molecule has 1 heterocycles. The number of amides is 2. The molecule has 0 unspecified atom stereocenters. The number of benzene rings is 1. The minimum absolute atomic E-state index is 0.290. The van der Waals surface area contributed by atoms with E-state index in [1.165, 1.54) is 6.20 Å². The smallest absolute Gasteiger partial charge is 0.253 e. The highest BCUT2D eigenvalue weighted by Gasteiger charge is 2.19. The molecule has 0 aliphatic heterocycles. The lowest BCUT2D eigenvalue weighted by Gasteiger charge is -2.16. The number of nitrogens with zero attached hydrogens (tertiary/aromatic N) is 1. The molecule has 114 valence electrons. The van der Waals surface area contributed by atoms with Gasteiger partial charge in [0.1, 0.15) is 11.8 Å². The van der Waals surface area contributed by atoms with E-state index in [4.69, 9.17) is 10.5 Å². The highest BCUT2D eigenvalue weighted by atomic mass is 16.5. The molecule has 2 aromatic rings. The number of ether oxygens (including phenoxy) is 1. The Morgan fingerprint density at radius 3 is 2.77 bits per heavy atom. The van der Waals surface area contributed by atoms with Crippen LogP contribution in [0.15, 0.2) is 48.8 Å². The summed E-state index contributed by atoms with van der Waals surface area (Å²) in [5.41, 5.74) is 6.60. The summed E-state index contributed by atoms with van der Waals surface area (Å²) in [5.74, 6) is -0.306. The predicted molar refractivity (Wildman–Crippen MR) is 81.4 cm³/mol. The van der Waals surface area contributed by atoms with Gasteiger partial charge in [-0.15, -0.1) is 0 Å². The molecule has 0 spiro atoms. The van der Waals surface area contributed by atoms with Crippen LogP contribution in [0.4, 0.5) is 0 Å². The van der Waals surface area contributed by atoms with Crippen LogP contribution in [0.2, 0.25) is 0 Å². The Labute approximate surface area is 128 Å². The molecule has 2 amide bonds. The number of pyridine rings is 1. The number of carbonyl (C=O) groups excluding carboxylic acids is 2. The van der Waals surface area contributed by atoms with Gasteiger partial charge in [0.2, 0.25) is 5.91 Å². The molecule has 22 heavy (non-hydrogen) atoms. The fourth-order valence-electron chi connectivity index (χ4n) is 2.00. The van der Waals surface area contributed by atoms with E-state index >= 15 is 0 Å². The maximum Gasteiger partial charge on any atom is 0.253 e. The van der Waals surface area contributed by atoms with Crippen LogP contribution < -0.4 is 15.8 Å². The fourth-order valence-corrected chi connectivity index (χ4v) is 2.00. The molecule has 3 N–H and O–H groups in total. The summed E-state index contributed by atoms with van der Waals surface area (Å²) in [5, 5.41) is 2.62. The van der Waals surface area contributed by atoms with E-state index in [-0.39, 0.29) is 5.91 Å². The number of aromatic nitrogens is 1. The molecule has 6 heteroatoms. The van der Waals surface area contributed by atoms with Crippen molar-refractivity contribution in [1.82, 2.24) is 10.3 Å². The van der Waals surface area contributed by atoms with Crippen molar-refractivity contribution < 1.29 is 14.3 Å². The first-order chi connectivity index (χ1) is 10.6. The minimum Gasteiger partial charge on any atom is -0.497 e. The lowest BCUT2D eigenvalue weighted by Crippen LogP contribution is -2.45. The molecule has 6 nitrogen and oxygen atoms in total. The number of rotatable bonds is 6. The van der Waals surface area contributed by atoms with Gasteiger partial charge in [-0.3, -0.25) is 14.6 Å². The second kappa shape index (κ2) is 7.21. The maximum absolute atomic E-state index is 12.1. The van der Waals surface area contributed by atoms with Gasteiger partial charge in [0.15, 0.2) is 0 Å². The first-order valence-corrected chi connectivity index (χ1v) is 6.73. The molecule has 0 bridgehead atoms. The second-order valence-electron chi connectivity index (χ2n) is 4.73. The Bertz CT molecular complexity index is 659. The SMILES string of the molecule is COc1cccc(C[C@@H](NC(=O)c2cccnc2)C(N)=O)c1. The molecular formula is C16H17N3O3. The van der Waals surface area contributed by atoms with Crippen LogP contribution in [0, 0.1) is 0 Å². The fraction of sp³-hybridized carbons (Fsp3) is 0.188. The van der Waals surface area contributed by atoms with Crippen LogP contribution in [0.3, 0.4) is 0 Å². The third kappa shape index (κ3) is 4.05. The highest BCUT2D eigenvalue weighted by molar-refractivity contribution is 5.97. The Morgan fingerprint density at radius 1 is 1.32 bits per heavy atom. The Hall–Kier alpha value is -2.89. The van der Waals surface area contributed by atoms with Crippen molar-refractivity contribution in [3.05, 3.63) is 59.9 Å². The average Bonchev–Trinajstić information content (AvgIpc) is 2.55. The number of methoxy groups -OCH3 is 1. The van der Waals surface area contributed by atoms with Crippen molar-refractivity contribution in [2.45, 2.75) is 12.5 Å². The second-order valence-corrected chi connectivity index (χ2v) is 4.73. The third-order valence-electron chi connectivity index (χ3n) is 3.15. The summed E-state index contributed by atoms with van der Waals surface area (Å²) < 4.78 is 5.14. The molecule has 0 aliphatic rings. The van der Waals surface area contributed by atoms with Crippen LogP contribution in [0.1, 0.15) is 15.9 Å². The molecule has 1 aromatic carbocycles. The molecule has 0 aliphatic carbocycles. The molecule has 0 fully saturated rings. The summed E-state index contributed by atoms with van der Waals surface area (Å²) in [6.45, 7) is 0. The van der Waals surface area contributed by atoms with Gasteiger partial charge in [0, 0.05) is 18.8 Å². The predicted octanol–water partition coefficient (Wildman–Crippen LogP) is 0.917. The van der Waals surface area contributed by atoms with Crippen LogP contribution in [0.5, 0.6) is 5.75 Å². The number of nitrogens with two attached hydrogens (primary N) is 1. The quantitative estimate of drug-likeness (QED) is 0.829. The van der Waals surface area contributed by atoms with Gasteiger partial charge in [-0.05, 0) is 29.8 Å². The van der Waals surface area contributed by atoms with E-state index in [0.717, 1.165) is 5.56 Å². The lowest BCUT2D eigenvalue weighted by molar-refractivity contribution is -0.119. The van der Waals surface area contributed by atoms with Crippen LogP contribution in [-0.2, 0) is 11.2 Å². The number of nitrogens with one attached hydrogen (secondary N) is 1. The summed E-state index contributed by atoms with van der Waals surface area (Å²) in [6, 6.07) is 9.72. The Kier molecular flexibility index (Phi) is 5.08. The van der Waals surface area contributed by atoms with E-state index in [0.29, 0.717) is 17.7 Å². The van der Waals surface area contributed by atoms with E-state index in [1.807, 2.05) is 12.1 Å². The molecule has 2 rings (SSSR count). The van der Waals surface area contributed by atoms with Crippen molar-refractivity contribution in [3.63, 3.8) is 0 Å². The topological polar surface area (TPSA) is 94.3 Å². The van der Waals surface area contributed by atoms with Gasteiger partial charge in [0.25, 0.3) is 5.91 Å². The Balaban J connectivity index is 2.10. The molecule has 1 atom stereocenters. The van der Waals surface area contributed by atoms with Crippen molar-refractivity contribution in [2.75, 3.05) is 7.11 Å². The Morgan fingerprint density at radius 2 is 2.14 bits per heavy atom. The summed E-state index contributed by atoms with van der Waals surface area (Å²) in [7, 11) is 1.56. The largest absolute Gasteiger partial charge is 0.497 e. The van der Waals surface area contributed by atoms with Crippen molar-refractivity contribution in [1.29, 1.82) is 0 Å². The number of carbonyl (C=O) groups is 2. The van der Waals surface area contributed by atoms with E-state index in [2.05, 4.69) is 10.3 Å². The molecular weight excluding hydrogens is 282 g/mol. The van der Waals surface area contributed by atoms with Crippen LogP contribution in [-0.4, -0.2) is 29.9 Å². The van der Waals surface area contributed by atoms with Gasteiger partial charge < -0.3 is 15.8 Å². The number of hydrogen-bond acceptors (Lipinski definition) is 4. The summed E-state index contributed by atoms with van der Waals surface area (Å²) in [6.07, 6.45) is 3.29. The van der Waals surface area contributed by atoms with Crippen molar-refractivity contribution in [2.24, 2.45) is 5.73 Å². The maximum atomic E-state index is 12.1. The standard InChI is InChI=1S/C16H17N3O3/c1-22-13-6-2-4-11(8-13)9-14(15(17)20)19-16(21)12-5-3-7-18-10-12/h2-8,10,14H,9H2,1H3,(H2,17,20)(H,19,21)/t14-/m1/s1. The lowest BCUT2D eigenvalue weighted by atomic mass is 10.0.